The quantitative estimate of drug-likeness (QED) is 0.0653. The molecule has 0 unspecified atom stereocenters. The van der Waals surface area contributed by atoms with Gasteiger partial charge >= 0.3 is 11.9 Å². The fourth-order valence-corrected chi connectivity index (χ4v) is 6.43. The summed E-state index contributed by atoms with van der Waals surface area (Å²) in [7, 11) is 4.63. The summed E-state index contributed by atoms with van der Waals surface area (Å²) in [6, 6.07) is 31.2. The molecule has 4 aromatic carbocycles. The van der Waals surface area contributed by atoms with Crippen molar-refractivity contribution in [2.24, 2.45) is 7.05 Å². The van der Waals surface area contributed by atoms with Crippen LogP contribution in [-0.2, 0) is 16.5 Å². The number of H-pyrrole nitrogens is 1. The second-order valence-electron chi connectivity index (χ2n) is 13.6. The minimum atomic E-state index is -0.408. The number of carbonyl (C=O) groups is 2. The molecule has 6 aromatic rings. The zero-order valence-electron chi connectivity index (χ0n) is 35.6. The van der Waals surface area contributed by atoms with Crippen molar-refractivity contribution in [2.75, 3.05) is 32.4 Å². The van der Waals surface area contributed by atoms with Crippen molar-refractivity contribution in [3.05, 3.63) is 121 Å². The minimum Gasteiger partial charge on any atom is -0.494 e. The van der Waals surface area contributed by atoms with E-state index >= 15 is 0 Å². The highest BCUT2D eigenvalue weighted by Crippen LogP contribution is 2.39. The third kappa shape index (κ3) is 11.9. The Labute approximate surface area is 361 Å². The second-order valence-corrected chi connectivity index (χ2v) is 13.6. The number of esters is 2. The number of rotatable bonds is 14. The van der Waals surface area contributed by atoms with Crippen molar-refractivity contribution in [3.63, 3.8) is 0 Å². The lowest BCUT2D eigenvalue weighted by Gasteiger charge is -2.11. The predicted molar refractivity (Wildman–Crippen MR) is 244 cm³/mol. The normalized spacial score (nSPS) is 10.5. The van der Waals surface area contributed by atoms with Gasteiger partial charge in [-0.3, -0.25) is 0 Å². The molecule has 312 valence electrons. The molecule has 0 aliphatic rings. The van der Waals surface area contributed by atoms with Gasteiger partial charge in [0.25, 0.3) is 0 Å². The molecule has 0 fully saturated rings. The van der Waals surface area contributed by atoms with Crippen LogP contribution >= 0.6 is 22.6 Å². The fraction of sp³-hybridized carbons (Fsp3) is 0.292. The molecule has 59 heavy (non-hydrogen) atoms. The Kier molecular flexibility index (Phi) is 17.5. The molecule has 1 N–H and O–H groups in total. The van der Waals surface area contributed by atoms with Crippen molar-refractivity contribution < 1.29 is 38.0 Å². The van der Waals surface area contributed by atoms with E-state index in [9.17, 15) is 9.59 Å². The molecule has 0 spiro atoms. The van der Waals surface area contributed by atoms with Crippen molar-refractivity contribution >= 4 is 34.5 Å². The van der Waals surface area contributed by atoms with E-state index in [1.807, 2.05) is 168 Å². The van der Waals surface area contributed by atoms with E-state index in [1.54, 1.807) is 0 Å². The Bertz CT molecular complexity index is 2220. The molecule has 2 aromatic heterocycles. The number of hydrogen-bond acceptors (Lipinski definition) is 8. The number of halogens is 1. The summed E-state index contributed by atoms with van der Waals surface area (Å²) in [5.41, 5.74) is 8.23. The Morgan fingerprint density at radius 3 is 1.37 bits per heavy atom. The van der Waals surface area contributed by atoms with Crippen LogP contribution in [0.3, 0.4) is 0 Å². The lowest BCUT2D eigenvalue weighted by Crippen LogP contribution is -2.08. The Morgan fingerprint density at radius 2 is 0.966 bits per heavy atom. The first-order valence-corrected chi connectivity index (χ1v) is 21.6. The smallest absolute Gasteiger partial charge is 0.355 e. The molecule has 0 bridgehead atoms. The number of benzene rings is 4. The number of ether oxygens (including phenoxy) is 6. The summed E-state index contributed by atoms with van der Waals surface area (Å²) in [6.07, 6.45) is 4.01. The summed E-state index contributed by atoms with van der Waals surface area (Å²) >= 11 is 2.15. The highest BCUT2D eigenvalue weighted by Gasteiger charge is 2.24. The largest absolute Gasteiger partial charge is 0.494 e. The Hall–Kier alpha value is -5.69. The van der Waals surface area contributed by atoms with E-state index < -0.39 is 5.97 Å². The van der Waals surface area contributed by atoms with Gasteiger partial charge < -0.3 is 38.0 Å². The summed E-state index contributed by atoms with van der Waals surface area (Å²) in [5.74, 6) is 2.43. The Balaban J connectivity index is 0.000000250. The topological polar surface area (TPSA) is 110 Å². The average molecular weight is 915 g/mol. The number of nitrogens with one attached hydrogen (secondary N) is 1. The molecule has 0 radical (unpaired) electrons. The molecule has 0 aliphatic carbocycles. The van der Waals surface area contributed by atoms with Gasteiger partial charge in [-0.05, 0) is 117 Å². The molecule has 11 heteroatoms. The third-order valence-corrected chi connectivity index (χ3v) is 8.81. The minimum absolute atomic E-state index is 0.114. The van der Waals surface area contributed by atoms with Gasteiger partial charge in [0.05, 0.1) is 39.6 Å². The van der Waals surface area contributed by atoms with Gasteiger partial charge in [0.1, 0.15) is 34.4 Å². The molecule has 0 saturated carbocycles. The summed E-state index contributed by atoms with van der Waals surface area (Å²) in [4.78, 5) is 29.9. The first-order chi connectivity index (χ1) is 28.5. The van der Waals surface area contributed by atoms with Crippen LogP contribution in [0.2, 0.25) is 0 Å². The molecular weight excluding hydrogens is 859 g/mol. The first-order valence-electron chi connectivity index (χ1n) is 19.4. The van der Waals surface area contributed by atoms with Crippen LogP contribution in [0.5, 0.6) is 23.0 Å². The highest BCUT2D eigenvalue weighted by molar-refractivity contribution is 14.1. The van der Waals surface area contributed by atoms with Crippen molar-refractivity contribution in [1.82, 2.24) is 9.55 Å². The Morgan fingerprint density at radius 1 is 0.576 bits per heavy atom. The lowest BCUT2D eigenvalue weighted by atomic mass is 9.96. The van der Waals surface area contributed by atoms with Gasteiger partial charge in [-0.1, -0.05) is 71.1 Å². The first kappa shape index (κ1) is 46.0. The van der Waals surface area contributed by atoms with Crippen molar-refractivity contribution in [2.45, 2.75) is 53.8 Å². The summed E-state index contributed by atoms with van der Waals surface area (Å²) < 4.78 is 34.4. The van der Waals surface area contributed by atoms with Crippen LogP contribution in [0, 0.1) is 0 Å². The number of aromatic nitrogens is 2. The lowest BCUT2D eigenvalue weighted by molar-refractivity contribution is 0.0584. The number of methoxy groups -OCH3 is 2. The number of aryl methyl sites for hydroxylation is 1. The van der Waals surface area contributed by atoms with Crippen LogP contribution in [0.15, 0.2) is 109 Å². The van der Waals surface area contributed by atoms with Gasteiger partial charge in [0, 0.05) is 41.7 Å². The maximum absolute atomic E-state index is 12.5. The highest BCUT2D eigenvalue weighted by atomic mass is 127. The predicted octanol–water partition coefficient (Wildman–Crippen LogP) is 11.7. The van der Waals surface area contributed by atoms with E-state index in [4.69, 9.17) is 28.4 Å². The van der Waals surface area contributed by atoms with Gasteiger partial charge in [-0.2, -0.15) is 0 Å². The van der Waals surface area contributed by atoms with E-state index in [0.29, 0.717) is 24.6 Å². The van der Waals surface area contributed by atoms with Crippen LogP contribution in [0.4, 0.5) is 0 Å². The van der Waals surface area contributed by atoms with Crippen LogP contribution in [0.25, 0.3) is 44.5 Å². The van der Waals surface area contributed by atoms with Crippen LogP contribution < -0.4 is 18.9 Å². The molecule has 2 heterocycles. The maximum atomic E-state index is 12.5. The molecule has 10 nitrogen and oxygen atoms in total. The standard InChI is InChI=1S/C24H27NO4.C23H25NO4.CH3I/c1-6-28-19-11-9-18(10-12-19)22-21(15-25(4)23(22)24(26)27-5)17-7-13-20(14-8-17)29-16(2)3;1-5-27-18-10-8-17(9-11-18)21-20(14-24-22(21)23(25)26-4)16-6-12-19(13-7-16)28-15(2)3;1-2/h7-16H,6H2,1-5H3;6-15,24H,5H2,1-4H3;1H3. The average Bonchev–Trinajstić information content (AvgIpc) is 3.84. The molecule has 0 amide bonds. The molecule has 6 rings (SSSR count). The SMILES string of the molecule is CCOc1ccc(-c2c(-c3ccc(OC(C)C)cc3)c[nH]c2C(=O)OC)cc1.CCOc1ccc(-c2c(-c3ccc(OC(C)C)cc3)cn(C)c2C(=O)OC)cc1.CI. The van der Waals surface area contributed by atoms with Gasteiger partial charge in [0.15, 0.2) is 0 Å². The van der Waals surface area contributed by atoms with Gasteiger partial charge in [-0.15, -0.1) is 0 Å². The second kappa shape index (κ2) is 22.5. The van der Waals surface area contributed by atoms with Crippen LogP contribution in [0.1, 0.15) is 62.5 Å². The zero-order chi connectivity index (χ0) is 43.1. The number of alkyl halides is 1. The molecule has 0 atom stereocenters. The van der Waals surface area contributed by atoms with E-state index in [1.165, 1.54) is 14.2 Å². The van der Waals surface area contributed by atoms with Crippen LogP contribution in [-0.4, -0.2) is 66.1 Å². The molecule has 0 saturated heterocycles. The maximum Gasteiger partial charge on any atom is 0.355 e. The van der Waals surface area contributed by atoms with E-state index in [-0.39, 0.29) is 18.2 Å². The number of nitrogens with zero attached hydrogens (tertiary/aromatic N) is 1. The monoisotopic (exact) mass is 914 g/mol. The van der Waals surface area contributed by atoms with E-state index in [2.05, 4.69) is 27.6 Å². The fourth-order valence-electron chi connectivity index (χ4n) is 6.43. The van der Waals surface area contributed by atoms with Gasteiger partial charge in [0.2, 0.25) is 0 Å². The number of aromatic amines is 1. The summed E-state index contributed by atoms with van der Waals surface area (Å²) in [5, 5.41) is 0. The molecular formula is C48H55IN2O8. The van der Waals surface area contributed by atoms with E-state index in [0.717, 1.165) is 67.5 Å². The zero-order valence-corrected chi connectivity index (χ0v) is 37.7. The summed E-state index contributed by atoms with van der Waals surface area (Å²) in [6.45, 7) is 13.1. The number of carbonyl (C=O) groups excluding carboxylic acids is 2. The number of hydrogen-bond donors (Lipinski definition) is 1. The van der Waals surface area contributed by atoms with Crippen molar-refractivity contribution in [1.29, 1.82) is 0 Å². The molecule has 0 aliphatic heterocycles. The van der Waals surface area contributed by atoms with Crippen molar-refractivity contribution in [3.8, 4) is 67.5 Å². The van der Waals surface area contributed by atoms with Gasteiger partial charge in [-0.25, -0.2) is 9.59 Å². The third-order valence-electron chi connectivity index (χ3n) is 8.81.